The van der Waals surface area contributed by atoms with E-state index in [2.05, 4.69) is 4.98 Å². The third-order valence-corrected chi connectivity index (χ3v) is 4.74. The average molecular weight is 383 g/mol. The van der Waals surface area contributed by atoms with E-state index in [9.17, 15) is 18.0 Å². The normalized spacial score (nSPS) is 11.8. The van der Waals surface area contributed by atoms with E-state index in [-0.39, 0.29) is 12.3 Å². The molecule has 0 saturated carbocycles. The second-order valence-electron chi connectivity index (χ2n) is 5.68. The van der Waals surface area contributed by atoms with Crippen molar-refractivity contribution in [1.82, 2.24) is 14.5 Å². The number of para-hydroxylation sites is 2. The van der Waals surface area contributed by atoms with Gasteiger partial charge >= 0.3 is 6.18 Å². The summed E-state index contributed by atoms with van der Waals surface area (Å²) in [5.74, 6) is -0.473. The van der Waals surface area contributed by atoms with Crippen LogP contribution in [0.2, 0.25) is 0 Å². The van der Waals surface area contributed by atoms with Crippen LogP contribution in [0.4, 0.5) is 13.2 Å². The van der Waals surface area contributed by atoms with Gasteiger partial charge < -0.3 is 13.9 Å². The number of alkyl halides is 3. The number of amides is 1. The summed E-state index contributed by atoms with van der Waals surface area (Å²) < 4.78 is 45.3. The zero-order valence-electron chi connectivity index (χ0n) is 13.9. The van der Waals surface area contributed by atoms with Gasteiger partial charge in [0.05, 0.1) is 29.6 Å². The molecule has 0 bridgehead atoms. The van der Waals surface area contributed by atoms with Crippen LogP contribution < -0.4 is 0 Å². The Labute approximate surface area is 151 Å². The number of rotatable bonds is 6. The molecule has 0 radical (unpaired) electrons. The average Bonchev–Trinajstić information content (AvgIpc) is 3.19. The van der Waals surface area contributed by atoms with Crippen molar-refractivity contribution in [1.29, 1.82) is 0 Å². The molecule has 0 aliphatic rings. The van der Waals surface area contributed by atoms with Gasteiger partial charge in [0.1, 0.15) is 12.3 Å². The van der Waals surface area contributed by atoms with Gasteiger partial charge in [0.25, 0.3) is 0 Å². The predicted molar refractivity (Wildman–Crippen MR) is 91.6 cm³/mol. The first-order valence-electron chi connectivity index (χ1n) is 7.74. The van der Waals surface area contributed by atoms with Crippen LogP contribution >= 0.6 is 11.8 Å². The monoisotopic (exact) mass is 383 g/mol. The lowest BCUT2D eigenvalue weighted by molar-refractivity contribution is -0.161. The van der Waals surface area contributed by atoms with Gasteiger partial charge in [-0.3, -0.25) is 4.79 Å². The van der Waals surface area contributed by atoms with E-state index < -0.39 is 18.6 Å². The van der Waals surface area contributed by atoms with Gasteiger partial charge in [0.15, 0.2) is 5.16 Å². The fraction of sp³-hybridized carbons (Fsp3) is 0.294. The molecule has 0 saturated heterocycles. The minimum absolute atomic E-state index is 0.145. The Morgan fingerprint density at radius 1 is 1.27 bits per heavy atom. The first-order valence-corrected chi connectivity index (χ1v) is 8.73. The number of hydrogen-bond donors (Lipinski definition) is 0. The van der Waals surface area contributed by atoms with Crippen LogP contribution in [0.15, 0.2) is 52.2 Å². The number of furan rings is 1. The van der Waals surface area contributed by atoms with Crippen LogP contribution in [0, 0.1) is 0 Å². The van der Waals surface area contributed by atoms with Crippen LogP contribution in [-0.4, -0.2) is 38.8 Å². The molecule has 26 heavy (non-hydrogen) atoms. The predicted octanol–water partition coefficient (Wildman–Crippen LogP) is 3.85. The Kier molecular flexibility index (Phi) is 5.26. The van der Waals surface area contributed by atoms with Crippen LogP contribution in [0.1, 0.15) is 5.76 Å². The van der Waals surface area contributed by atoms with Crippen LogP contribution in [0.25, 0.3) is 11.0 Å². The number of hydrogen-bond acceptors (Lipinski definition) is 4. The van der Waals surface area contributed by atoms with Crippen LogP contribution in [0.3, 0.4) is 0 Å². The topological polar surface area (TPSA) is 51.3 Å². The maximum atomic E-state index is 12.8. The Morgan fingerprint density at radius 3 is 2.69 bits per heavy atom. The molecule has 0 unspecified atom stereocenters. The molecule has 0 fully saturated rings. The highest BCUT2D eigenvalue weighted by molar-refractivity contribution is 7.99. The SMILES string of the molecule is Cn1c(SCC(=O)N(Cc2ccco2)CC(F)(F)F)nc2ccccc21. The van der Waals surface area contributed by atoms with Gasteiger partial charge in [-0.1, -0.05) is 23.9 Å². The third-order valence-electron chi connectivity index (χ3n) is 3.72. The van der Waals surface area contributed by atoms with Crippen molar-refractivity contribution in [3.05, 3.63) is 48.4 Å². The van der Waals surface area contributed by atoms with Gasteiger partial charge in [-0.05, 0) is 24.3 Å². The fourth-order valence-corrected chi connectivity index (χ4v) is 3.40. The van der Waals surface area contributed by atoms with E-state index >= 15 is 0 Å². The molecule has 0 spiro atoms. The number of aryl methyl sites for hydroxylation is 1. The zero-order chi connectivity index (χ0) is 18.7. The molecular weight excluding hydrogens is 367 g/mol. The van der Waals surface area contributed by atoms with E-state index in [0.717, 1.165) is 27.7 Å². The lowest BCUT2D eigenvalue weighted by Crippen LogP contribution is -2.39. The highest BCUT2D eigenvalue weighted by atomic mass is 32.2. The smallest absolute Gasteiger partial charge is 0.406 e. The highest BCUT2D eigenvalue weighted by Crippen LogP contribution is 2.24. The molecule has 0 N–H and O–H groups in total. The molecule has 9 heteroatoms. The summed E-state index contributed by atoms with van der Waals surface area (Å²) >= 11 is 1.11. The van der Waals surface area contributed by atoms with Crippen molar-refractivity contribution in [2.75, 3.05) is 12.3 Å². The van der Waals surface area contributed by atoms with E-state index in [4.69, 9.17) is 4.42 Å². The minimum Gasteiger partial charge on any atom is -0.467 e. The third kappa shape index (κ3) is 4.40. The molecule has 2 heterocycles. The molecule has 1 aromatic carbocycles. The van der Waals surface area contributed by atoms with E-state index in [1.165, 1.54) is 12.3 Å². The minimum atomic E-state index is -4.48. The molecule has 0 aliphatic carbocycles. The summed E-state index contributed by atoms with van der Waals surface area (Å²) in [5, 5.41) is 0.574. The van der Waals surface area contributed by atoms with Gasteiger partial charge in [-0.2, -0.15) is 13.2 Å². The van der Waals surface area contributed by atoms with Crippen molar-refractivity contribution < 1.29 is 22.4 Å². The molecule has 3 aromatic rings. The Morgan fingerprint density at radius 2 is 2.04 bits per heavy atom. The Hall–Kier alpha value is -2.42. The maximum absolute atomic E-state index is 12.8. The quantitative estimate of drug-likeness (QED) is 0.607. The summed E-state index contributed by atoms with van der Waals surface area (Å²) in [7, 11) is 1.80. The first kappa shape index (κ1) is 18.4. The maximum Gasteiger partial charge on any atom is 0.406 e. The fourth-order valence-electron chi connectivity index (χ4n) is 2.51. The van der Waals surface area contributed by atoms with Crippen LogP contribution in [-0.2, 0) is 18.4 Å². The number of halogens is 3. The molecule has 2 aromatic heterocycles. The number of nitrogens with zero attached hydrogens (tertiary/aromatic N) is 3. The lowest BCUT2D eigenvalue weighted by atomic mass is 10.3. The second-order valence-corrected chi connectivity index (χ2v) is 6.62. The first-order chi connectivity index (χ1) is 12.3. The largest absolute Gasteiger partial charge is 0.467 e. The zero-order valence-corrected chi connectivity index (χ0v) is 14.7. The molecule has 3 rings (SSSR count). The summed E-state index contributed by atoms with van der Waals surface area (Å²) in [6, 6.07) is 10.6. The summed E-state index contributed by atoms with van der Waals surface area (Å²) in [6.45, 7) is -1.55. The summed E-state index contributed by atoms with van der Waals surface area (Å²) in [4.78, 5) is 17.5. The van der Waals surface area contributed by atoms with Crippen molar-refractivity contribution in [2.45, 2.75) is 17.9 Å². The number of thioether (sulfide) groups is 1. The molecular formula is C17H16F3N3O2S. The van der Waals surface area contributed by atoms with Gasteiger partial charge in [-0.25, -0.2) is 4.98 Å². The van der Waals surface area contributed by atoms with Crippen molar-refractivity contribution >= 4 is 28.7 Å². The van der Waals surface area contributed by atoms with E-state index in [1.807, 2.05) is 28.8 Å². The van der Waals surface area contributed by atoms with Crippen molar-refractivity contribution in [3.8, 4) is 0 Å². The summed E-state index contributed by atoms with van der Waals surface area (Å²) in [5.41, 5.74) is 1.66. The van der Waals surface area contributed by atoms with Gasteiger partial charge in [0, 0.05) is 7.05 Å². The summed E-state index contributed by atoms with van der Waals surface area (Å²) in [6.07, 6.45) is -3.12. The van der Waals surface area contributed by atoms with Crippen LogP contribution in [0.5, 0.6) is 0 Å². The number of aromatic nitrogens is 2. The van der Waals surface area contributed by atoms with Crippen molar-refractivity contribution in [3.63, 3.8) is 0 Å². The lowest BCUT2D eigenvalue weighted by Gasteiger charge is -2.22. The van der Waals surface area contributed by atoms with Crippen molar-refractivity contribution in [2.24, 2.45) is 7.05 Å². The molecule has 1 amide bonds. The van der Waals surface area contributed by atoms with E-state index in [1.54, 1.807) is 13.1 Å². The number of fused-ring (bicyclic) bond motifs is 1. The number of carbonyl (C=O) groups is 1. The number of benzene rings is 1. The molecule has 5 nitrogen and oxygen atoms in total. The Bertz CT molecular complexity index is 890. The number of imidazole rings is 1. The standard InChI is InChI=1S/C17H16F3N3O2S/c1-22-14-7-3-2-6-13(14)21-16(22)26-10-15(24)23(11-17(18,19)20)9-12-5-4-8-25-12/h2-8H,9-11H2,1H3. The second kappa shape index (κ2) is 7.45. The molecule has 0 aliphatic heterocycles. The van der Waals surface area contributed by atoms with E-state index in [0.29, 0.717) is 10.9 Å². The highest BCUT2D eigenvalue weighted by Gasteiger charge is 2.33. The Balaban J connectivity index is 1.71. The van der Waals surface area contributed by atoms with Gasteiger partial charge in [0.2, 0.25) is 5.91 Å². The molecule has 0 atom stereocenters. The molecule has 138 valence electrons. The van der Waals surface area contributed by atoms with Gasteiger partial charge in [-0.15, -0.1) is 0 Å². The number of carbonyl (C=O) groups excluding carboxylic acids is 1.